The van der Waals surface area contributed by atoms with Crippen molar-refractivity contribution in [3.8, 4) is 11.1 Å². The number of hydrogen-bond donors (Lipinski definition) is 2. The maximum Gasteiger partial charge on any atom is 0.332 e. The smallest absolute Gasteiger partial charge is 0.332 e. The molecule has 0 aliphatic heterocycles. The number of primary amides is 1. The Morgan fingerprint density at radius 3 is 2.55 bits per heavy atom. The van der Waals surface area contributed by atoms with Crippen LogP contribution in [0.5, 0.6) is 0 Å². The van der Waals surface area contributed by atoms with E-state index in [-0.39, 0.29) is 0 Å². The second-order valence-corrected chi connectivity index (χ2v) is 4.93. The molecule has 0 aromatic heterocycles. The van der Waals surface area contributed by atoms with Gasteiger partial charge in [-0.05, 0) is 29.5 Å². The number of carbonyl (C=O) groups excluding carboxylic acids is 1. The number of thioether (sulfide) groups is 1. The van der Waals surface area contributed by atoms with Gasteiger partial charge in [-0.25, -0.2) is 10.2 Å². The van der Waals surface area contributed by atoms with Gasteiger partial charge in [0.1, 0.15) is 0 Å². The fourth-order valence-corrected chi connectivity index (χ4v) is 2.22. The third-order valence-corrected chi connectivity index (χ3v) is 3.48. The van der Waals surface area contributed by atoms with Crippen molar-refractivity contribution in [2.45, 2.75) is 4.90 Å². The van der Waals surface area contributed by atoms with Gasteiger partial charge >= 0.3 is 6.03 Å². The molecule has 0 saturated carbocycles. The Bertz CT molecular complexity index is 623. The fourth-order valence-electron chi connectivity index (χ4n) is 1.81. The molecule has 2 aromatic rings. The molecule has 2 amide bonds. The van der Waals surface area contributed by atoms with Crippen LogP contribution in [0.25, 0.3) is 11.1 Å². The van der Waals surface area contributed by atoms with E-state index in [1.54, 1.807) is 18.0 Å². The van der Waals surface area contributed by atoms with Crippen LogP contribution in [0.15, 0.2) is 58.5 Å². The summed E-state index contributed by atoms with van der Waals surface area (Å²) < 4.78 is 0. The Balaban J connectivity index is 2.31. The van der Waals surface area contributed by atoms with Crippen molar-refractivity contribution >= 4 is 24.0 Å². The Labute approximate surface area is 122 Å². The van der Waals surface area contributed by atoms with Gasteiger partial charge in [0.2, 0.25) is 0 Å². The lowest BCUT2D eigenvalue weighted by Gasteiger charge is -2.06. The standard InChI is InChI=1S/C15H15N3OS/c1-20-13-8-6-11(7-9-13)14-5-3-2-4-12(14)10-17-18-15(16)19/h2-10H,1H3,(H3,16,18,19). The average Bonchev–Trinajstić information content (AvgIpc) is 2.47. The first-order valence-corrected chi connectivity index (χ1v) is 7.25. The van der Waals surface area contributed by atoms with Crippen LogP contribution in [0.1, 0.15) is 5.56 Å². The third-order valence-electron chi connectivity index (χ3n) is 2.74. The van der Waals surface area contributed by atoms with Crippen LogP contribution in [0, 0.1) is 0 Å². The number of hydrogen-bond acceptors (Lipinski definition) is 3. The molecule has 102 valence electrons. The van der Waals surface area contributed by atoms with Gasteiger partial charge in [-0.1, -0.05) is 36.4 Å². The summed E-state index contributed by atoms with van der Waals surface area (Å²) in [5, 5.41) is 3.81. The zero-order chi connectivity index (χ0) is 14.4. The molecule has 0 aliphatic rings. The highest BCUT2D eigenvalue weighted by Crippen LogP contribution is 2.25. The molecular formula is C15H15N3OS. The van der Waals surface area contributed by atoms with Crippen LogP contribution in [0.2, 0.25) is 0 Å². The van der Waals surface area contributed by atoms with Gasteiger partial charge in [0.25, 0.3) is 0 Å². The van der Waals surface area contributed by atoms with E-state index in [0.29, 0.717) is 0 Å². The highest BCUT2D eigenvalue weighted by Gasteiger charge is 2.02. The number of carbonyl (C=O) groups is 1. The van der Waals surface area contributed by atoms with E-state index >= 15 is 0 Å². The summed E-state index contributed by atoms with van der Waals surface area (Å²) in [6.07, 6.45) is 3.63. The van der Waals surface area contributed by atoms with Crippen molar-refractivity contribution in [1.82, 2.24) is 5.43 Å². The molecule has 0 bridgehead atoms. The summed E-state index contributed by atoms with van der Waals surface area (Å²) in [5.41, 5.74) is 10.2. The fraction of sp³-hybridized carbons (Fsp3) is 0.0667. The average molecular weight is 285 g/mol. The lowest BCUT2D eigenvalue weighted by atomic mass is 10.0. The topological polar surface area (TPSA) is 67.5 Å². The molecule has 4 nitrogen and oxygen atoms in total. The van der Waals surface area contributed by atoms with Crippen molar-refractivity contribution in [3.05, 3.63) is 54.1 Å². The quantitative estimate of drug-likeness (QED) is 0.515. The summed E-state index contributed by atoms with van der Waals surface area (Å²) >= 11 is 1.71. The van der Waals surface area contributed by atoms with Gasteiger partial charge in [-0.3, -0.25) is 0 Å². The second kappa shape index (κ2) is 6.77. The number of urea groups is 1. The minimum atomic E-state index is -0.678. The number of benzene rings is 2. The second-order valence-electron chi connectivity index (χ2n) is 4.05. The summed E-state index contributed by atoms with van der Waals surface area (Å²) in [6.45, 7) is 0. The largest absolute Gasteiger partial charge is 0.350 e. The van der Waals surface area contributed by atoms with Crippen LogP contribution >= 0.6 is 11.8 Å². The van der Waals surface area contributed by atoms with Gasteiger partial charge in [-0.2, -0.15) is 5.10 Å². The zero-order valence-electron chi connectivity index (χ0n) is 11.0. The van der Waals surface area contributed by atoms with Crippen LogP contribution in [0.4, 0.5) is 4.79 Å². The van der Waals surface area contributed by atoms with Crippen molar-refractivity contribution in [2.24, 2.45) is 10.8 Å². The Kier molecular flexibility index (Phi) is 4.79. The van der Waals surface area contributed by atoms with Crippen LogP contribution in [0.3, 0.4) is 0 Å². The summed E-state index contributed by atoms with van der Waals surface area (Å²) in [5.74, 6) is 0. The molecule has 2 aromatic carbocycles. The number of nitrogens with zero attached hydrogens (tertiary/aromatic N) is 1. The van der Waals surface area contributed by atoms with E-state index in [1.807, 2.05) is 30.5 Å². The highest BCUT2D eigenvalue weighted by molar-refractivity contribution is 7.98. The minimum Gasteiger partial charge on any atom is -0.350 e. The molecule has 0 heterocycles. The van der Waals surface area contributed by atoms with E-state index in [0.717, 1.165) is 16.7 Å². The number of hydrazone groups is 1. The van der Waals surface area contributed by atoms with Crippen LogP contribution in [-0.2, 0) is 0 Å². The molecule has 2 rings (SSSR count). The van der Waals surface area contributed by atoms with Crippen molar-refractivity contribution in [2.75, 3.05) is 6.26 Å². The number of nitrogens with two attached hydrogens (primary N) is 1. The molecule has 0 aliphatic carbocycles. The minimum absolute atomic E-state index is 0.678. The number of amides is 2. The van der Waals surface area contributed by atoms with E-state index in [2.05, 4.69) is 34.8 Å². The normalized spacial score (nSPS) is 10.7. The van der Waals surface area contributed by atoms with Crippen molar-refractivity contribution in [3.63, 3.8) is 0 Å². The first-order valence-electron chi connectivity index (χ1n) is 6.02. The number of rotatable bonds is 4. The van der Waals surface area contributed by atoms with Crippen LogP contribution in [-0.4, -0.2) is 18.5 Å². The van der Waals surface area contributed by atoms with Crippen molar-refractivity contribution < 1.29 is 4.79 Å². The lowest BCUT2D eigenvalue weighted by Crippen LogP contribution is -2.24. The van der Waals surface area contributed by atoms with E-state index in [9.17, 15) is 4.79 Å². The Morgan fingerprint density at radius 1 is 1.20 bits per heavy atom. The van der Waals surface area contributed by atoms with Gasteiger partial charge < -0.3 is 5.73 Å². The van der Waals surface area contributed by atoms with Crippen LogP contribution < -0.4 is 11.2 Å². The molecule has 5 heteroatoms. The summed E-state index contributed by atoms with van der Waals surface area (Å²) in [7, 11) is 0. The monoisotopic (exact) mass is 285 g/mol. The van der Waals surface area contributed by atoms with Gasteiger partial charge in [-0.15, -0.1) is 11.8 Å². The van der Waals surface area contributed by atoms with E-state index in [4.69, 9.17) is 5.73 Å². The maximum absolute atomic E-state index is 10.6. The summed E-state index contributed by atoms with van der Waals surface area (Å²) in [6, 6.07) is 15.5. The number of nitrogens with one attached hydrogen (secondary N) is 1. The van der Waals surface area contributed by atoms with E-state index < -0.39 is 6.03 Å². The third kappa shape index (κ3) is 3.61. The molecule has 0 radical (unpaired) electrons. The van der Waals surface area contributed by atoms with Gasteiger partial charge in [0, 0.05) is 10.5 Å². The first-order chi connectivity index (χ1) is 9.70. The molecular weight excluding hydrogens is 270 g/mol. The Hall–Kier alpha value is -2.27. The molecule has 0 unspecified atom stereocenters. The molecule has 0 spiro atoms. The Morgan fingerprint density at radius 2 is 1.90 bits per heavy atom. The predicted molar refractivity (Wildman–Crippen MR) is 84.0 cm³/mol. The highest BCUT2D eigenvalue weighted by atomic mass is 32.2. The molecule has 0 atom stereocenters. The summed E-state index contributed by atoms with van der Waals surface area (Å²) in [4.78, 5) is 11.8. The lowest BCUT2D eigenvalue weighted by molar-refractivity contribution is 0.249. The molecule has 3 N–H and O–H groups in total. The van der Waals surface area contributed by atoms with Crippen molar-refractivity contribution in [1.29, 1.82) is 0 Å². The SMILES string of the molecule is CSc1ccc(-c2ccccc2C=NNC(N)=O)cc1. The molecule has 0 fully saturated rings. The van der Waals surface area contributed by atoms with Gasteiger partial charge in [0.05, 0.1) is 6.21 Å². The zero-order valence-corrected chi connectivity index (χ0v) is 11.9. The van der Waals surface area contributed by atoms with Gasteiger partial charge in [0.15, 0.2) is 0 Å². The van der Waals surface area contributed by atoms with E-state index in [1.165, 1.54) is 4.90 Å². The maximum atomic E-state index is 10.6. The molecule has 20 heavy (non-hydrogen) atoms. The predicted octanol–water partition coefficient (Wildman–Crippen LogP) is 3.08. The first kappa shape index (κ1) is 14.1. The molecule has 0 saturated heterocycles.